The van der Waals surface area contributed by atoms with Crippen molar-refractivity contribution in [1.29, 1.82) is 0 Å². The van der Waals surface area contributed by atoms with E-state index < -0.39 is 5.97 Å². The number of nitrogens with zero attached hydrogens (tertiary/aromatic N) is 1. The Bertz CT molecular complexity index is 418. The van der Waals surface area contributed by atoms with Gasteiger partial charge in [0.15, 0.2) is 5.76 Å². The molecule has 1 fully saturated rings. The highest BCUT2D eigenvalue weighted by Gasteiger charge is 2.22. The average Bonchev–Trinajstić information content (AvgIpc) is 2.97. The average molecular weight is 237 g/mol. The van der Waals surface area contributed by atoms with Gasteiger partial charge in [-0.25, -0.2) is 0 Å². The maximum absolute atomic E-state index is 11.9. The van der Waals surface area contributed by atoms with Crippen molar-refractivity contribution >= 4 is 11.9 Å². The molecule has 0 bridgehead atoms. The summed E-state index contributed by atoms with van der Waals surface area (Å²) in [6, 6.07) is 3.30. The van der Waals surface area contributed by atoms with Crippen LogP contribution in [0.25, 0.3) is 0 Å². The molecule has 0 unspecified atom stereocenters. The molecule has 0 atom stereocenters. The summed E-state index contributed by atoms with van der Waals surface area (Å²) in [7, 11) is 0. The molecule has 0 aliphatic carbocycles. The number of carbonyl (C=O) groups excluding carboxylic acids is 1. The van der Waals surface area contributed by atoms with Crippen LogP contribution in [-0.4, -0.2) is 35.0 Å². The molecule has 2 heterocycles. The standard InChI is InChI=1S/C12H15NO4/c14-11(15)6-4-9-3-5-10(17-9)12(16)13-7-1-2-8-13/h3,5H,1-2,4,6-8H2,(H,14,15). The Kier molecular flexibility index (Phi) is 3.46. The van der Waals surface area contributed by atoms with Crippen LogP contribution in [0.4, 0.5) is 0 Å². The summed E-state index contributed by atoms with van der Waals surface area (Å²) in [5, 5.41) is 8.55. The van der Waals surface area contributed by atoms with E-state index in [1.165, 1.54) is 0 Å². The van der Waals surface area contributed by atoms with E-state index in [9.17, 15) is 9.59 Å². The van der Waals surface area contributed by atoms with Crippen molar-refractivity contribution < 1.29 is 19.1 Å². The number of aliphatic carboxylic acids is 1. The van der Waals surface area contributed by atoms with E-state index in [0.29, 0.717) is 17.9 Å². The Balaban J connectivity index is 1.97. The summed E-state index contributed by atoms with van der Waals surface area (Å²) >= 11 is 0. The lowest BCUT2D eigenvalue weighted by molar-refractivity contribution is -0.137. The van der Waals surface area contributed by atoms with E-state index in [1.54, 1.807) is 17.0 Å². The molecular weight excluding hydrogens is 222 g/mol. The van der Waals surface area contributed by atoms with Gasteiger partial charge in [-0.1, -0.05) is 0 Å². The quantitative estimate of drug-likeness (QED) is 0.862. The fourth-order valence-corrected chi connectivity index (χ4v) is 1.93. The topological polar surface area (TPSA) is 70.8 Å². The van der Waals surface area contributed by atoms with Crippen molar-refractivity contribution in [3.05, 3.63) is 23.7 Å². The fraction of sp³-hybridized carbons (Fsp3) is 0.500. The molecule has 1 aliphatic heterocycles. The first kappa shape index (κ1) is 11.7. The molecule has 2 rings (SSSR count). The lowest BCUT2D eigenvalue weighted by Gasteiger charge is -2.12. The van der Waals surface area contributed by atoms with E-state index >= 15 is 0 Å². The molecule has 0 radical (unpaired) electrons. The lowest BCUT2D eigenvalue weighted by atomic mass is 10.2. The Labute approximate surface area is 99.0 Å². The number of carboxylic acid groups (broad SMARTS) is 1. The van der Waals surface area contributed by atoms with Gasteiger partial charge in [-0.05, 0) is 25.0 Å². The minimum Gasteiger partial charge on any atom is -0.481 e. The van der Waals surface area contributed by atoms with Crippen LogP contribution in [0.1, 0.15) is 35.6 Å². The normalized spacial score (nSPS) is 15.2. The second kappa shape index (κ2) is 5.03. The predicted molar refractivity (Wildman–Crippen MR) is 59.8 cm³/mol. The van der Waals surface area contributed by atoms with Gasteiger partial charge in [-0.15, -0.1) is 0 Å². The summed E-state index contributed by atoms with van der Waals surface area (Å²) in [5.74, 6) is -0.0971. The smallest absolute Gasteiger partial charge is 0.303 e. The van der Waals surface area contributed by atoms with Gasteiger partial charge in [0.2, 0.25) is 0 Å². The highest BCUT2D eigenvalue weighted by Crippen LogP contribution is 2.16. The Morgan fingerprint density at radius 2 is 2.00 bits per heavy atom. The van der Waals surface area contributed by atoms with E-state index in [0.717, 1.165) is 25.9 Å². The summed E-state index contributed by atoms with van der Waals surface area (Å²) in [6.07, 6.45) is 2.42. The van der Waals surface area contributed by atoms with Crippen molar-refractivity contribution in [3.8, 4) is 0 Å². The van der Waals surface area contributed by atoms with Crippen molar-refractivity contribution in [2.45, 2.75) is 25.7 Å². The number of amides is 1. The van der Waals surface area contributed by atoms with Gasteiger partial charge < -0.3 is 14.4 Å². The third-order valence-corrected chi connectivity index (χ3v) is 2.85. The minimum absolute atomic E-state index is 0.0187. The molecule has 1 aromatic rings. The number of furan rings is 1. The van der Waals surface area contributed by atoms with Gasteiger partial charge in [0.05, 0.1) is 6.42 Å². The molecule has 1 N–H and O–H groups in total. The summed E-state index contributed by atoms with van der Waals surface area (Å²) in [5.41, 5.74) is 0. The Morgan fingerprint density at radius 1 is 1.29 bits per heavy atom. The van der Waals surface area contributed by atoms with Crippen molar-refractivity contribution in [1.82, 2.24) is 4.90 Å². The second-order valence-electron chi connectivity index (χ2n) is 4.16. The molecule has 1 aromatic heterocycles. The van der Waals surface area contributed by atoms with Gasteiger partial charge >= 0.3 is 5.97 Å². The van der Waals surface area contributed by atoms with Gasteiger partial charge in [-0.3, -0.25) is 9.59 Å². The number of likely N-dealkylation sites (tertiary alicyclic amines) is 1. The monoisotopic (exact) mass is 237 g/mol. The molecule has 92 valence electrons. The highest BCUT2D eigenvalue weighted by molar-refractivity contribution is 5.91. The summed E-state index contributed by atoms with van der Waals surface area (Å²) < 4.78 is 5.35. The number of hydrogen-bond acceptors (Lipinski definition) is 3. The third-order valence-electron chi connectivity index (χ3n) is 2.85. The molecule has 0 aromatic carbocycles. The van der Waals surface area contributed by atoms with Gasteiger partial charge in [-0.2, -0.15) is 0 Å². The maximum atomic E-state index is 11.9. The van der Waals surface area contributed by atoms with Crippen molar-refractivity contribution in [2.24, 2.45) is 0 Å². The Hall–Kier alpha value is -1.78. The Morgan fingerprint density at radius 3 is 2.65 bits per heavy atom. The number of aryl methyl sites for hydroxylation is 1. The van der Waals surface area contributed by atoms with Gasteiger partial charge in [0.25, 0.3) is 5.91 Å². The molecule has 0 saturated carbocycles. The zero-order valence-electron chi connectivity index (χ0n) is 9.52. The highest BCUT2D eigenvalue weighted by atomic mass is 16.4. The van der Waals surface area contributed by atoms with Crippen LogP contribution in [0.3, 0.4) is 0 Å². The number of rotatable bonds is 4. The predicted octanol–water partition coefficient (Wildman–Crippen LogP) is 1.53. The first-order valence-corrected chi connectivity index (χ1v) is 5.76. The number of hydrogen-bond donors (Lipinski definition) is 1. The van der Waals surface area contributed by atoms with Crippen LogP contribution in [0.2, 0.25) is 0 Å². The zero-order valence-corrected chi connectivity index (χ0v) is 9.52. The molecule has 0 spiro atoms. The summed E-state index contributed by atoms with van der Waals surface area (Å²) in [6.45, 7) is 1.56. The minimum atomic E-state index is -0.867. The van der Waals surface area contributed by atoms with Crippen LogP contribution < -0.4 is 0 Å². The SMILES string of the molecule is O=C(O)CCc1ccc(C(=O)N2CCCC2)o1. The van der Waals surface area contributed by atoms with E-state index in [1.807, 2.05) is 0 Å². The van der Waals surface area contributed by atoms with E-state index in [4.69, 9.17) is 9.52 Å². The summed E-state index contributed by atoms with van der Waals surface area (Å²) in [4.78, 5) is 24.1. The van der Waals surface area contributed by atoms with Crippen LogP contribution >= 0.6 is 0 Å². The van der Waals surface area contributed by atoms with Crippen LogP contribution in [-0.2, 0) is 11.2 Å². The molecular formula is C12H15NO4. The van der Waals surface area contributed by atoms with Crippen LogP contribution in [0.5, 0.6) is 0 Å². The van der Waals surface area contributed by atoms with Crippen LogP contribution in [0.15, 0.2) is 16.5 Å². The molecule has 1 amide bonds. The maximum Gasteiger partial charge on any atom is 0.303 e. The fourth-order valence-electron chi connectivity index (χ4n) is 1.93. The zero-order chi connectivity index (χ0) is 12.3. The number of carboxylic acids is 1. The van der Waals surface area contributed by atoms with Gasteiger partial charge in [0, 0.05) is 19.5 Å². The first-order valence-electron chi connectivity index (χ1n) is 5.76. The second-order valence-corrected chi connectivity index (χ2v) is 4.16. The lowest BCUT2D eigenvalue weighted by Crippen LogP contribution is -2.27. The van der Waals surface area contributed by atoms with Crippen LogP contribution in [0, 0.1) is 0 Å². The molecule has 5 heteroatoms. The third kappa shape index (κ3) is 2.87. The largest absolute Gasteiger partial charge is 0.481 e. The van der Waals surface area contributed by atoms with Gasteiger partial charge in [0.1, 0.15) is 5.76 Å². The molecule has 5 nitrogen and oxygen atoms in total. The molecule has 1 saturated heterocycles. The molecule has 17 heavy (non-hydrogen) atoms. The van der Waals surface area contributed by atoms with E-state index in [-0.39, 0.29) is 12.3 Å². The molecule has 1 aliphatic rings. The number of carbonyl (C=O) groups is 2. The van der Waals surface area contributed by atoms with Crippen molar-refractivity contribution in [2.75, 3.05) is 13.1 Å². The van der Waals surface area contributed by atoms with Crippen molar-refractivity contribution in [3.63, 3.8) is 0 Å². The van der Waals surface area contributed by atoms with E-state index in [2.05, 4.69) is 0 Å². The first-order chi connectivity index (χ1) is 8.16.